The van der Waals surface area contributed by atoms with Crippen molar-refractivity contribution in [3.05, 3.63) is 65.2 Å². The van der Waals surface area contributed by atoms with Crippen LogP contribution >= 0.6 is 0 Å². The zero-order valence-corrected chi connectivity index (χ0v) is 9.97. The van der Waals surface area contributed by atoms with Gasteiger partial charge >= 0.3 is 0 Å². The van der Waals surface area contributed by atoms with E-state index in [1.54, 1.807) is 0 Å². The van der Waals surface area contributed by atoms with Crippen molar-refractivity contribution in [2.75, 3.05) is 6.61 Å². The molecule has 0 aliphatic heterocycles. The van der Waals surface area contributed by atoms with Crippen LogP contribution < -0.4 is 4.74 Å². The molecule has 0 amide bonds. The lowest BCUT2D eigenvalue weighted by Crippen LogP contribution is -1.93. The van der Waals surface area contributed by atoms with Crippen LogP contribution in [0.2, 0.25) is 0 Å². The molecule has 0 aromatic heterocycles. The lowest BCUT2D eigenvalue weighted by molar-refractivity contribution is 0.330. The lowest BCUT2D eigenvalue weighted by atomic mass is 10.1. The summed E-state index contributed by atoms with van der Waals surface area (Å²) in [6.45, 7) is 0.111. The number of aliphatic hydroxyl groups is 1. The fraction of sp³-hybridized carbons (Fsp3) is 0.125. The first-order valence-electron chi connectivity index (χ1n) is 6.02. The van der Waals surface area contributed by atoms with Crippen LogP contribution in [0.4, 0.5) is 0 Å². The third kappa shape index (κ3) is 2.03. The van der Waals surface area contributed by atoms with Gasteiger partial charge < -0.3 is 9.84 Å². The Hall–Kier alpha value is -2.06. The molecule has 18 heavy (non-hydrogen) atoms. The normalized spacial score (nSPS) is 13.1. The minimum absolute atomic E-state index is 0.111. The van der Waals surface area contributed by atoms with Gasteiger partial charge in [-0.05, 0) is 29.3 Å². The number of fused-ring (bicyclic) bond motifs is 1. The van der Waals surface area contributed by atoms with Gasteiger partial charge in [0, 0.05) is 12.0 Å². The summed E-state index contributed by atoms with van der Waals surface area (Å²) in [5.74, 6) is 1.71. The zero-order valence-electron chi connectivity index (χ0n) is 9.97. The maximum absolute atomic E-state index is 9.21. The van der Waals surface area contributed by atoms with Crippen LogP contribution in [0.25, 0.3) is 6.08 Å². The van der Waals surface area contributed by atoms with E-state index < -0.39 is 0 Å². The van der Waals surface area contributed by atoms with Crippen molar-refractivity contribution in [1.29, 1.82) is 0 Å². The molecule has 1 aliphatic carbocycles. The van der Waals surface area contributed by atoms with Crippen LogP contribution in [-0.4, -0.2) is 11.7 Å². The summed E-state index contributed by atoms with van der Waals surface area (Å²) in [5.41, 5.74) is 3.34. The van der Waals surface area contributed by atoms with Crippen molar-refractivity contribution in [3.63, 3.8) is 0 Å². The van der Waals surface area contributed by atoms with E-state index in [1.165, 1.54) is 0 Å². The summed E-state index contributed by atoms with van der Waals surface area (Å²) in [4.78, 5) is 0. The van der Waals surface area contributed by atoms with Crippen molar-refractivity contribution in [2.24, 2.45) is 0 Å². The highest BCUT2D eigenvalue weighted by Crippen LogP contribution is 2.34. The van der Waals surface area contributed by atoms with Gasteiger partial charge in [-0.1, -0.05) is 36.4 Å². The van der Waals surface area contributed by atoms with Crippen molar-refractivity contribution in [1.82, 2.24) is 0 Å². The second kappa shape index (κ2) is 4.67. The van der Waals surface area contributed by atoms with Gasteiger partial charge in [-0.25, -0.2) is 0 Å². The van der Waals surface area contributed by atoms with Crippen molar-refractivity contribution in [3.8, 4) is 11.5 Å². The van der Waals surface area contributed by atoms with Gasteiger partial charge in [-0.15, -0.1) is 0 Å². The van der Waals surface area contributed by atoms with E-state index in [2.05, 4.69) is 6.07 Å². The summed E-state index contributed by atoms with van der Waals surface area (Å²) in [6, 6.07) is 15.8. The maximum Gasteiger partial charge on any atom is 0.131 e. The molecule has 0 fully saturated rings. The standard InChI is InChI=1S/C16H14O2/c17-11-12-9-13-5-4-8-16(15(13)10-12)18-14-6-2-1-3-7-14/h1-9,17H,10-11H2. The Labute approximate surface area is 106 Å². The lowest BCUT2D eigenvalue weighted by Gasteiger charge is -2.10. The van der Waals surface area contributed by atoms with Crippen LogP contribution in [0.1, 0.15) is 11.1 Å². The molecule has 2 aromatic rings. The molecule has 0 atom stereocenters. The smallest absolute Gasteiger partial charge is 0.131 e. The third-order valence-corrected chi connectivity index (χ3v) is 3.11. The molecule has 0 bridgehead atoms. The van der Waals surface area contributed by atoms with Crippen LogP contribution in [0.5, 0.6) is 11.5 Å². The van der Waals surface area contributed by atoms with Gasteiger partial charge in [-0.3, -0.25) is 0 Å². The quantitative estimate of drug-likeness (QED) is 0.887. The summed E-state index contributed by atoms with van der Waals surface area (Å²) in [6.07, 6.45) is 2.81. The van der Waals surface area contributed by atoms with E-state index in [0.29, 0.717) is 0 Å². The van der Waals surface area contributed by atoms with Crippen LogP contribution in [-0.2, 0) is 6.42 Å². The number of benzene rings is 2. The highest BCUT2D eigenvalue weighted by molar-refractivity contribution is 5.67. The largest absolute Gasteiger partial charge is 0.457 e. The fourth-order valence-corrected chi connectivity index (χ4v) is 2.22. The summed E-state index contributed by atoms with van der Waals surface area (Å²) in [7, 11) is 0. The monoisotopic (exact) mass is 238 g/mol. The minimum Gasteiger partial charge on any atom is -0.457 e. The van der Waals surface area contributed by atoms with Crippen molar-refractivity contribution in [2.45, 2.75) is 6.42 Å². The predicted molar refractivity (Wildman–Crippen MR) is 71.7 cm³/mol. The number of rotatable bonds is 3. The molecule has 0 saturated carbocycles. The highest BCUT2D eigenvalue weighted by atomic mass is 16.5. The molecule has 0 unspecified atom stereocenters. The van der Waals surface area contributed by atoms with E-state index in [-0.39, 0.29) is 6.61 Å². The van der Waals surface area contributed by atoms with Gasteiger partial charge in [0.2, 0.25) is 0 Å². The number of ether oxygens (including phenoxy) is 1. The minimum atomic E-state index is 0.111. The first kappa shape index (κ1) is 11.1. The van der Waals surface area contributed by atoms with E-state index in [9.17, 15) is 5.11 Å². The Morgan fingerprint density at radius 1 is 1.00 bits per heavy atom. The molecular weight excluding hydrogens is 224 g/mol. The topological polar surface area (TPSA) is 29.5 Å². The van der Waals surface area contributed by atoms with Gasteiger partial charge in [0.25, 0.3) is 0 Å². The summed E-state index contributed by atoms with van der Waals surface area (Å²) < 4.78 is 5.90. The molecule has 0 radical (unpaired) electrons. The first-order chi connectivity index (χ1) is 8.86. The van der Waals surface area contributed by atoms with E-state index in [4.69, 9.17) is 4.74 Å². The molecule has 0 saturated heterocycles. The Kier molecular flexibility index (Phi) is 2.87. The Bertz CT molecular complexity index is 585. The highest BCUT2D eigenvalue weighted by Gasteiger charge is 2.16. The van der Waals surface area contributed by atoms with Gasteiger partial charge in [-0.2, -0.15) is 0 Å². The first-order valence-corrected chi connectivity index (χ1v) is 6.02. The average Bonchev–Trinajstić information content (AvgIpc) is 2.84. The number of para-hydroxylation sites is 1. The second-order valence-corrected chi connectivity index (χ2v) is 4.38. The molecule has 1 aliphatic rings. The van der Waals surface area contributed by atoms with Gasteiger partial charge in [0.1, 0.15) is 11.5 Å². The van der Waals surface area contributed by atoms with E-state index in [0.717, 1.165) is 34.6 Å². The molecule has 2 nitrogen and oxygen atoms in total. The summed E-state index contributed by atoms with van der Waals surface area (Å²) >= 11 is 0. The molecule has 1 N–H and O–H groups in total. The number of aliphatic hydroxyl groups excluding tert-OH is 1. The van der Waals surface area contributed by atoms with Crippen molar-refractivity contribution >= 4 is 6.08 Å². The van der Waals surface area contributed by atoms with Crippen LogP contribution in [0.3, 0.4) is 0 Å². The molecule has 0 spiro atoms. The number of hydrogen-bond acceptors (Lipinski definition) is 2. The fourth-order valence-electron chi connectivity index (χ4n) is 2.22. The Balaban J connectivity index is 1.91. The molecule has 3 rings (SSSR count). The zero-order chi connectivity index (χ0) is 12.4. The van der Waals surface area contributed by atoms with Gasteiger partial charge in [0.05, 0.1) is 6.61 Å². The third-order valence-electron chi connectivity index (χ3n) is 3.11. The molecule has 0 heterocycles. The average molecular weight is 238 g/mol. The predicted octanol–water partition coefficient (Wildman–Crippen LogP) is 3.41. The maximum atomic E-state index is 9.21. The number of hydrogen-bond donors (Lipinski definition) is 1. The van der Waals surface area contributed by atoms with E-state index in [1.807, 2.05) is 48.5 Å². The Morgan fingerprint density at radius 2 is 1.83 bits per heavy atom. The molecular formula is C16H14O2. The summed E-state index contributed by atoms with van der Waals surface area (Å²) in [5, 5.41) is 9.21. The van der Waals surface area contributed by atoms with Crippen LogP contribution in [0.15, 0.2) is 54.1 Å². The molecule has 2 heteroatoms. The SMILES string of the molecule is OCC1=Cc2cccc(Oc3ccccc3)c2C1. The van der Waals surface area contributed by atoms with Crippen molar-refractivity contribution < 1.29 is 9.84 Å². The molecule has 2 aromatic carbocycles. The van der Waals surface area contributed by atoms with Crippen LogP contribution in [0, 0.1) is 0 Å². The van der Waals surface area contributed by atoms with E-state index >= 15 is 0 Å². The van der Waals surface area contributed by atoms with Gasteiger partial charge in [0.15, 0.2) is 0 Å². The second-order valence-electron chi connectivity index (χ2n) is 4.38. The Morgan fingerprint density at radius 3 is 2.61 bits per heavy atom. The molecule has 90 valence electrons.